The number of carboxylic acids is 1. The van der Waals surface area contributed by atoms with Gasteiger partial charge in [-0.3, -0.25) is 4.79 Å². The third-order valence-electron chi connectivity index (χ3n) is 3.52. The molecule has 9 heteroatoms. The summed E-state index contributed by atoms with van der Waals surface area (Å²) in [4.78, 5) is 10.5. The number of nitrogens with two attached hydrogens (primary N) is 1. The Morgan fingerprint density at radius 1 is 1.38 bits per heavy atom. The maximum atomic E-state index is 10.5. The number of nitrogens with one attached hydrogen (secondary N) is 1. The van der Waals surface area contributed by atoms with Crippen molar-refractivity contribution in [3.63, 3.8) is 0 Å². The molecule has 9 nitrogen and oxygen atoms in total. The second-order valence-corrected chi connectivity index (χ2v) is 5.24. The molecule has 1 aliphatic rings. The lowest BCUT2D eigenvalue weighted by Crippen LogP contribution is -2.50. The van der Waals surface area contributed by atoms with Gasteiger partial charge in [0.2, 0.25) is 5.79 Å². The Kier molecular flexibility index (Phi) is 6.94. The maximum absolute atomic E-state index is 10.5. The number of aliphatic hydroxyl groups excluding tert-OH is 3. The molecule has 0 aromatic heterocycles. The molecule has 0 saturated carbocycles. The fourth-order valence-corrected chi connectivity index (χ4v) is 2.17. The summed E-state index contributed by atoms with van der Waals surface area (Å²) in [7, 11) is 0. The van der Waals surface area contributed by atoms with E-state index >= 15 is 0 Å². The molecule has 21 heavy (non-hydrogen) atoms. The summed E-state index contributed by atoms with van der Waals surface area (Å²) in [5.74, 6) is -2.99. The number of aliphatic hydroxyl groups is 4. The topological polar surface area (TPSA) is 166 Å². The van der Waals surface area contributed by atoms with Gasteiger partial charge in [0.25, 0.3) is 0 Å². The number of unbranched alkanes of at least 4 members (excludes halogenated alkanes) is 1. The summed E-state index contributed by atoms with van der Waals surface area (Å²) >= 11 is 0. The van der Waals surface area contributed by atoms with Gasteiger partial charge in [0.15, 0.2) is 0 Å². The molecule has 5 atom stereocenters. The second-order valence-electron chi connectivity index (χ2n) is 5.24. The van der Waals surface area contributed by atoms with Gasteiger partial charge in [0, 0.05) is 0 Å². The van der Waals surface area contributed by atoms with E-state index in [4.69, 9.17) is 20.7 Å². The first-order chi connectivity index (χ1) is 9.81. The van der Waals surface area contributed by atoms with Gasteiger partial charge in [-0.2, -0.15) is 0 Å². The van der Waals surface area contributed by atoms with Crippen LogP contribution < -0.4 is 11.1 Å². The molecule has 0 aliphatic carbocycles. The standard InChI is InChI=1S/C12H24N2O7/c13-7(11(18)19)3-1-2-4-14-6-12(20)10(17)9(16)8(5-15)21-12/h7-10,14-17,20H,1-6,13H2,(H,18,19). The lowest BCUT2D eigenvalue weighted by atomic mass is 10.1. The van der Waals surface area contributed by atoms with E-state index in [0.717, 1.165) is 0 Å². The summed E-state index contributed by atoms with van der Waals surface area (Å²) < 4.78 is 5.04. The van der Waals surface area contributed by atoms with Gasteiger partial charge in [-0.05, 0) is 19.4 Å². The summed E-state index contributed by atoms with van der Waals surface area (Å²) in [5.41, 5.74) is 5.35. The van der Waals surface area contributed by atoms with Gasteiger partial charge in [-0.25, -0.2) is 0 Å². The maximum Gasteiger partial charge on any atom is 0.320 e. The van der Waals surface area contributed by atoms with Crippen LogP contribution >= 0.6 is 0 Å². The van der Waals surface area contributed by atoms with E-state index in [0.29, 0.717) is 25.8 Å². The largest absolute Gasteiger partial charge is 0.480 e. The van der Waals surface area contributed by atoms with E-state index < -0.39 is 42.7 Å². The van der Waals surface area contributed by atoms with Crippen LogP contribution in [0.5, 0.6) is 0 Å². The van der Waals surface area contributed by atoms with Crippen molar-refractivity contribution in [2.75, 3.05) is 19.7 Å². The fourth-order valence-electron chi connectivity index (χ4n) is 2.17. The molecule has 1 fully saturated rings. The minimum absolute atomic E-state index is 0.118. The third kappa shape index (κ3) is 4.85. The van der Waals surface area contributed by atoms with Crippen LogP contribution in [0.1, 0.15) is 19.3 Å². The molecule has 8 N–H and O–H groups in total. The van der Waals surface area contributed by atoms with Crippen LogP contribution in [0.2, 0.25) is 0 Å². The number of rotatable bonds is 9. The molecule has 1 saturated heterocycles. The first-order valence-electron chi connectivity index (χ1n) is 6.88. The molecule has 0 aromatic rings. The van der Waals surface area contributed by atoms with E-state index in [1.54, 1.807) is 0 Å². The monoisotopic (exact) mass is 308 g/mol. The molecule has 1 heterocycles. The highest BCUT2D eigenvalue weighted by molar-refractivity contribution is 5.72. The van der Waals surface area contributed by atoms with Crippen LogP contribution in [-0.4, -0.2) is 81.3 Å². The van der Waals surface area contributed by atoms with Crippen LogP contribution in [0.3, 0.4) is 0 Å². The number of carbonyl (C=O) groups is 1. The van der Waals surface area contributed by atoms with Crippen molar-refractivity contribution in [2.24, 2.45) is 5.73 Å². The molecule has 5 unspecified atom stereocenters. The van der Waals surface area contributed by atoms with Crippen molar-refractivity contribution >= 4 is 5.97 Å². The number of carboxylic acid groups (broad SMARTS) is 1. The summed E-state index contributed by atoms with van der Waals surface area (Å²) in [6.45, 7) is -0.162. The van der Waals surface area contributed by atoms with Crippen molar-refractivity contribution in [1.82, 2.24) is 5.32 Å². The Balaban J connectivity index is 2.22. The molecule has 1 aliphatic heterocycles. The Labute approximate surface area is 122 Å². The summed E-state index contributed by atoms with van der Waals surface area (Å²) in [6, 6.07) is -0.880. The highest BCUT2D eigenvalue weighted by atomic mass is 16.7. The van der Waals surface area contributed by atoms with Gasteiger partial charge in [-0.15, -0.1) is 0 Å². The van der Waals surface area contributed by atoms with E-state index in [9.17, 15) is 20.1 Å². The number of hydrogen-bond donors (Lipinski definition) is 7. The lowest BCUT2D eigenvalue weighted by molar-refractivity contribution is -0.226. The smallest absolute Gasteiger partial charge is 0.320 e. The van der Waals surface area contributed by atoms with E-state index in [1.165, 1.54) is 0 Å². The minimum atomic E-state index is -1.95. The van der Waals surface area contributed by atoms with Crippen LogP contribution in [-0.2, 0) is 9.53 Å². The zero-order chi connectivity index (χ0) is 16.0. The predicted molar refractivity (Wildman–Crippen MR) is 71.3 cm³/mol. The third-order valence-corrected chi connectivity index (χ3v) is 3.52. The van der Waals surface area contributed by atoms with Crippen LogP contribution in [0.15, 0.2) is 0 Å². The van der Waals surface area contributed by atoms with Crippen molar-refractivity contribution in [1.29, 1.82) is 0 Å². The van der Waals surface area contributed by atoms with Gasteiger partial charge in [-0.1, -0.05) is 6.42 Å². The Hall–Kier alpha value is -0.810. The fraction of sp³-hybridized carbons (Fsp3) is 0.917. The first-order valence-corrected chi connectivity index (χ1v) is 6.88. The lowest BCUT2D eigenvalue weighted by Gasteiger charge is -2.26. The van der Waals surface area contributed by atoms with Crippen LogP contribution in [0, 0.1) is 0 Å². The SMILES string of the molecule is NC(CCCCNCC1(O)OC(CO)C(O)C1O)C(=O)O. The normalized spacial score (nSPS) is 34.0. The summed E-state index contributed by atoms with van der Waals surface area (Å²) in [5, 5.41) is 49.7. The molecule has 0 amide bonds. The first kappa shape index (κ1) is 18.2. The van der Waals surface area contributed by atoms with E-state index in [-0.39, 0.29) is 6.54 Å². The highest BCUT2D eigenvalue weighted by Gasteiger charge is 2.52. The molecule has 124 valence electrons. The number of ether oxygens (including phenoxy) is 1. The molecular weight excluding hydrogens is 284 g/mol. The zero-order valence-corrected chi connectivity index (χ0v) is 11.7. The minimum Gasteiger partial charge on any atom is -0.480 e. The van der Waals surface area contributed by atoms with Crippen LogP contribution in [0.25, 0.3) is 0 Å². The average Bonchev–Trinajstić information content (AvgIpc) is 2.66. The van der Waals surface area contributed by atoms with Crippen molar-refractivity contribution in [2.45, 2.75) is 49.4 Å². The van der Waals surface area contributed by atoms with Gasteiger partial charge < -0.3 is 41.3 Å². The molecule has 0 bridgehead atoms. The number of hydrogen-bond acceptors (Lipinski definition) is 8. The van der Waals surface area contributed by atoms with Crippen molar-refractivity contribution in [3.8, 4) is 0 Å². The quantitative estimate of drug-likeness (QED) is 0.219. The molecule has 0 spiro atoms. The average molecular weight is 308 g/mol. The molecule has 1 rings (SSSR count). The zero-order valence-electron chi connectivity index (χ0n) is 11.7. The number of aliphatic carboxylic acids is 1. The van der Waals surface area contributed by atoms with Crippen molar-refractivity contribution < 1.29 is 35.1 Å². The predicted octanol–water partition coefficient (Wildman–Crippen LogP) is -3.04. The molecule has 0 aromatic carbocycles. The van der Waals surface area contributed by atoms with Gasteiger partial charge >= 0.3 is 5.97 Å². The summed E-state index contributed by atoms with van der Waals surface area (Å²) in [6.07, 6.45) is -2.30. The van der Waals surface area contributed by atoms with Crippen LogP contribution in [0.4, 0.5) is 0 Å². The highest BCUT2D eigenvalue weighted by Crippen LogP contribution is 2.28. The van der Waals surface area contributed by atoms with Crippen molar-refractivity contribution in [3.05, 3.63) is 0 Å². The second kappa shape index (κ2) is 7.99. The Bertz CT molecular complexity index is 344. The van der Waals surface area contributed by atoms with Gasteiger partial charge in [0.05, 0.1) is 13.2 Å². The van der Waals surface area contributed by atoms with E-state index in [1.807, 2.05) is 0 Å². The van der Waals surface area contributed by atoms with Gasteiger partial charge in [0.1, 0.15) is 24.4 Å². The Morgan fingerprint density at radius 3 is 2.57 bits per heavy atom. The molecular formula is C12H24N2O7. The van der Waals surface area contributed by atoms with E-state index in [2.05, 4.69) is 5.32 Å². The molecule has 0 radical (unpaired) electrons. The Morgan fingerprint density at radius 2 is 2.05 bits per heavy atom.